The van der Waals surface area contributed by atoms with Crippen molar-refractivity contribution >= 4 is 53.9 Å². The topological polar surface area (TPSA) is 226 Å². The number of fused-ring (bicyclic) bond motifs is 2. The van der Waals surface area contributed by atoms with Gasteiger partial charge in [0, 0.05) is 74.5 Å². The number of halogens is 1. The number of hydrogen-bond donors (Lipinski definition) is 4. The fourth-order valence-corrected chi connectivity index (χ4v) is 14.4. The molecule has 72 heavy (non-hydrogen) atoms. The van der Waals surface area contributed by atoms with Gasteiger partial charge in [0.05, 0.1) is 44.4 Å². The Morgan fingerprint density at radius 2 is 1.76 bits per heavy atom. The van der Waals surface area contributed by atoms with Crippen molar-refractivity contribution in [3.8, 4) is 17.2 Å². The van der Waals surface area contributed by atoms with Crippen molar-refractivity contribution in [2.75, 3.05) is 55.0 Å². The molecule has 2 aliphatic carbocycles. The summed E-state index contributed by atoms with van der Waals surface area (Å²) in [6, 6.07) is 16.7. The van der Waals surface area contributed by atoms with E-state index in [-0.39, 0.29) is 87.1 Å². The molecule has 5 heterocycles. The number of nitro groups is 1. The van der Waals surface area contributed by atoms with Gasteiger partial charge in [0.1, 0.15) is 39.4 Å². The number of benzene rings is 3. The predicted molar refractivity (Wildman–Crippen MR) is 271 cm³/mol. The molecular formula is C52H62FN7O10S2. The highest BCUT2D eigenvalue weighted by Crippen LogP contribution is 2.51. The van der Waals surface area contributed by atoms with E-state index < -0.39 is 52.7 Å². The molecule has 4 N–H and O–H groups in total. The summed E-state index contributed by atoms with van der Waals surface area (Å²) < 4.78 is 82.5. The highest BCUT2D eigenvalue weighted by molar-refractivity contribution is 7.90. The summed E-state index contributed by atoms with van der Waals surface area (Å²) in [5, 5.41) is 26.2. The van der Waals surface area contributed by atoms with Gasteiger partial charge in [-0.3, -0.25) is 19.8 Å². The van der Waals surface area contributed by atoms with Crippen LogP contribution in [0.2, 0.25) is 0 Å². The first-order valence-electron chi connectivity index (χ1n) is 24.9. The molecule has 17 nitrogen and oxygen atoms in total. The van der Waals surface area contributed by atoms with Crippen LogP contribution in [-0.4, -0.2) is 110 Å². The second-order valence-electron chi connectivity index (χ2n) is 21.6. The first-order valence-corrected chi connectivity index (χ1v) is 28.4. The number of hydrogen-bond acceptors (Lipinski definition) is 14. The number of sulfone groups is 1. The fourth-order valence-electron chi connectivity index (χ4n) is 12.3. The molecule has 0 radical (unpaired) electrons. The van der Waals surface area contributed by atoms with Crippen LogP contribution in [0.1, 0.15) is 105 Å². The number of nitro benzene ring substituents is 1. The van der Waals surface area contributed by atoms with Gasteiger partial charge in [0.25, 0.3) is 21.6 Å². The highest BCUT2D eigenvalue weighted by Gasteiger charge is 2.52. The van der Waals surface area contributed by atoms with Crippen LogP contribution >= 0.6 is 0 Å². The van der Waals surface area contributed by atoms with Crippen LogP contribution in [0.3, 0.4) is 0 Å². The first kappa shape index (κ1) is 49.7. The lowest BCUT2D eigenvalue weighted by Crippen LogP contribution is -2.64. The maximum atomic E-state index is 14.7. The largest absolute Gasteiger partial charge is 0.489 e. The lowest BCUT2D eigenvalue weighted by atomic mass is 9.69. The summed E-state index contributed by atoms with van der Waals surface area (Å²) in [4.78, 5) is 37.0. The summed E-state index contributed by atoms with van der Waals surface area (Å²) in [5.74, 6) is -0.767. The maximum absolute atomic E-state index is 14.7. The van der Waals surface area contributed by atoms with E-state index >= 15 is 0 Å². The summed E-state index contributed by atoms with van der Waals surface area (Å²) in [5.41, 5.74) is 2.21. The average molecular weight is 1030 g/mol. The Morgan fingerprint density at radius 3 is 2.47 bits per heavy atom. The van der Waals surface area contributed by atoms with Gasteiger partial charge in [-0.15, -0.1) is 0 Å². The SMILES string of the molecule is CC(C)c1ccccc1[C@@H]1CC[C@H](CS(C)(=O)=O)C1N1CC2(CCN(c3ccc(C(=O)NS(=O)(=O)c4cc5c(c([N+](=O)[O-])c4)N[C@@H]([C@H]4CC[C@](C)(O)CC4)CO5)c(Oc4cnc5[nH]cc(F)c5c4)c3)CC2)C1. The van der Waals surface area contributed by atoms with Crippen LogP contribution in [0.15, 0.2) is 78.0 Å². The number of rotatable bonds is 13. The number of aromatic nitrogens is 2. The number of anilines is 2. The Hall–Kier alpha value is -5.83. The lowest BCUT2D eigenvalue weighted by molar-refractivity contribution is -0.384. The van der Waals surface area contributed by atoms with E-state index in [1.165, 1.54) is 35.7 Å². The predicted octanol–water partition coefficient (Wildman–Crippen LogP) is 8.27. The number of amides is 1. The smallest absolute Gasteiger partial charge is 0.297 e. The molecular weight excluding hydrogens is 966 g/mol. The number of piperidine rings is 1. The van der Waals surface area contributed by atoms with Crippen molar-refractivity contribution in [2.24, 2.45) is 17.3 Å². The summed E-state index contributed by atoms with van der Waals surface area (Å²) in [7, 11) is -7.95. The number of carbonyl (C=O) groups is 1. The molecule has 2 saturated carbocycles. The molecule has 3 aromatic carbocycles. The minimum Gasteiger partial charge on any atom is -0.489 e. The molecule has 2 aromatic heterocycles. The van der Waals surface area contributed by atoms with E-state index in [4.69, 9.17) is 9.47 Å². The number of aromatic amines is 1. The van der Waals surface area contributed by atoms with Crippen molar-refractivity contribution < 1.29 is 45.5 Å². The molecule has 4 atom stereocenters. The third-order valence-corrected chi connectivity index (χ3v) is 18.4. The number of carbonyl (C=O) groups excluding carboxylic acids is 1. The van der Waals surface area contributed by atoms with Gasteiger partial charge >= 0.3 is 0 Å². The van der Waals surface area contributed by atoms with E-state index in [9.17, 15) is 41.2 Å². The first-order chi connectivity index (χ1) is 34.1. The number of aliphatic hydroxyl groups is 1. The van der Waals surface area contributed by atoms with Crippen molar-refractivity contribution in [3.63, 3.8) is 0 Å². The molecule has 5 aromatic rings. The Bertz CT molecular complexity index is 3140. The van der Waals surface area contributed by atoms with Crippen LogP contribution < -0.4 is 24.4 Å². The van der Waals surface area contributed by atoms with Crippen molar-refractivity contribution in [3.05, 3.63) is 106 Å². The zero-order valence-corrected chi connectivity index (χ0v) is 42.5. The molecule has 20 heteroatoms. The van der Waals surface area contributed by atoms with Gasteiger partial charge in [-0.05, 0) is 111 Å². The number of H-pyrrole nitrogens is 1. The second-order valence-corrected chi connectivity index (χ2v) is 25.5. The minimum absolute atomic E-state index is 0.0301. The zero-order valence-electron chi connectivity index (χ0n) is 40.9. The van der Waals surface area contributed by atoms with Gasteiger partial charge in [-0.1, -0.05) is 38.1 Å². The minimum atomic E-state index is -4.76. The van der Waals surface area contributed by atoms with E-state index in [0.717, 1.165) is 57.1 Å². The standard InChI is InChI=1S/C52H62FN7O10S2/c1-31(2)37-7-5-6-8-38(37)39-11-9-33(28-71(4,65)66)48(39)59-29-52(30-59)17-19-58(20-18-52)34-10-12-40(45(21-34)70-35-22-41-42(53)26-55-49(41)54-25-35)50(61)57-72(67,68)36-23-44(60(63)64)47-46(24-36)69-27-43(56-47)32-13-15-51(3,62)16-14-32/h5-8,10,12,21-26,31-33,39,43,48,56,62H,9,11,13-20,27-30H2,1-4H3,(H,54,55)(H,57,61)/t32-,33-,39+,43-,48?,51-/m1/s1. The van der Waals surface area contributed by atoms with Crippen molar-refractivity contribution in [1.82, 2.24) is 19.6 Å². The highest BCUT2D eigenvalue weighted by atomic mass is 32.2. The van der Waals surface area contributed by atoms with Gasteiger partial charge in [0.2, 0.25) is 0 Å². The molecule has 2 saturated heterocycles. The van der Waals surface area contributed by atoms with Gasteiger partial charge in [-0.25, -0.2) is 30.9 Å². The number of nitrogens with zero attached hydrogens (tertiary/aromatic N) is 4. The second kappa shape index (κ2) is 18.9. The number of likely N-dealkylation sites (tertiary alicyclic amines) is 1. The Kier molecular flexibility index (Phi) is 13.1. The van der Waals surface area contributed by atoms with Crippen LogP contribution in [0.5, 0.6) is 17.2 Å². The molecule has 10 rings (SSSR count). The van der Waals surface area contributed by atoms with E-state index in [0.29, 0.717) is 50.4 Å². The van der Waals surface area contributed by atoms with Crippen LogP contribution in [0.25, 0.3) is 11.0 Å². The third-order valence-electron chi connectivity index (χ3n) is 16.1. The summed E-state index contributed by atoms with van der Waals surface area (Å²) in [6.07, 6.45) is 9.89. The van der Waals surface area contributed by atoms with Crippen LogP contribution in [-0.2, 0) is 19.9 Å². The van der Waals surface area contributed by atoms with Crippen LogP contribution in [0, 0.1) is 33.2 Å². The molecule has 0 bridgehead atoms. The molecule has 1 spiro atoms. The fraction of sp³-hybridized carbons (Fsp3) is 0.500. The quantitative estimate of drug-likeness (QED) is 0.0643. The number of ether oxygens (including phenoxy) is 2. The Labute approximate surface area is 419 Å². The van der Waals surface area contributed by atoms with Gasteiger partial charge in [-0.2, -0.15) is 0 Å². The van der Waals surface area contributed by atoms with E-state index in [1.807, 2.05) is 0 Å². The number of pyridine rings is 1. The molecule has 3 aliphatic heterocycles. The van der Waals surface area contributed by atoms with Gasteiger partial charge in [0.15, 0.2) is 11.4 Å². The monoisotopic (exact) mass is 1030 g/mol. The maximum Gasteiger partial charge on any atom is 0.297 e. The van der Waals surface area contributed by atoms with Crippen molar-refractivity contribution in [2.45, 2.75) is 107 Å². The summed E-state index contributed by atoms with van der Waals surface area (Å²) in [6.45, 7) is 9.38. The normalized spacial score (nSPS) is 25.4. The molecule has 1 unspecified atom stereocenters. The number of nitrogens with one attached hydrogen (secondary N) is 3. The Balaban J connectivity index is 0.874. The average Bonchev–Trinajstić information content (AvgIpc) is 3.91. The van der Waals surface area contributed by atoms with Crippen molar-refractivity contribution in [1.29, 1.82) is 0 Å². The van der Waals surface area contributed by atoms with E-state index in [1.54, 1.807) is 19.1 Å². The third kappa shape index (κ3) is 9.98. The zero-order chi connectivity index (χ0) is 50.9. The van der Waals surface area contributed by atoms with Crippen LogP contribution in [0.4, 0.5) is 21.5 Å². The number of sulfonamides is 1. The molecule has 5 aliphatic rings. The Morgan fingerprint density at radius 1 is 1.03 bits per heavy atom. The van der Waals surface area contributed by atoms with Gasteiger partial charge < -0.3 is 29.8 Å². The molecule has 4 fully saturated rings. The molecule has 384 valence electrons. The van der Waals surface area contributed by atoms with E-state index in [2.05, 4.69) is 67.9 Å². The molecule has 1 amide bonds. The summed E-state index contributed by atoms with van der Waals surface area (Å²) >= 11 is 0. The lowest BCUT2D eigenvalue weighted by Gasteiger charge is -2.58.